The molecule has 0 aromatic heterocycles. The SMILES string of the molecule is C=C(Cl)Oc1cccc2ccccc12. The van der Waals surface area contributed by atoms with Gasteiger partial charge < -0.3 is 4.74 Å². The summed E-state index contributed by atoms with van der Waals surface area (Å²) in [7, 11) is 0. The normalized spacial score (nSPS) is 10.1. The van der Waals surface area contributed by atoms with Gasteiger partial charge in [0.05, 0.1) is 0 Å². The lowest BCUT2D eigenvalue weighted by atomic mass is 10.1. The van der Waals surface area contributed by atoms with Gasteiger partial charge in [-0.15, -0.1) is 0 Å². The molecule has 2 aromatic rings. The van der Waals surface area contributed by atoms with Crippen molar-refractivity contribution in [2.24, 2.45) is 0 Å². The Balaban J connectivity index is 2.59. The predicted octanol–water partition coefficient (Wildman–Crippen LogP) is 3.93. The number of hydrogen-bond acceptors (Lipinski definition) is 1. The van der Waals surface area contributed by atoms with Crippen LogP contribution >= 0.6 is 11.6 Å². The molecule has 0 spiro atoms. The molecule has 2 heteroatoms. The zero-order chi connectivity index (χ0) is 9.97. The lowest BCUT2D eigenvalue weighted by molar-refractivity contribution is 0.470. The van der Waals surface area contributed by atoms with E-state index in [-0.39, 0.29) is 5.22 Å². The van der Waals surface area contributed by atoms with Crippen LogP contribution in [0.3, 0.4) is 0 Å². The van der Waals surface area contributed by atoms with E-state index in [1.807, 2.05) is 42.5 Å². The van der Waals surface area contributed by atoms with E-state index >= 15 is 0 Å². The molecule has 0 aliphatic carbocycles. The van der Waals surface area contributed by atoms with Crippen molar-refractivity contribution in [3.05, 3.63) is 54.3 Å². The molecule has 0 atom stereocenters. The van der Waals surface area contributed by atoms with Crippen LogP contribution in [0.4, 0.5) is 0 Å². The Morgan fingerprint density at radius 2 is 1.79 bits per heavy atom. The maximum atomic E-state index is 5.60. The summed E-state index contributed by atoms with van der Waals surface area (Å²) in [6.07, 6.45) is 0. The Morgan fingerprint density at radius 1 is 1.07 bits per heavy atom. The van der Waals surface area contributed by atoms with Crippen LogP contribution < -0.4 is 4.74 Å². The van der Waals surface area contributed by atoms with Crippen LogP contribution in [0.25, 0.3) is 10.8 Å². The third-order valence-electron chi connectivity index (χ3n) is 1.97. The molecule has 0 aliphatic heterocycles. The van der Waals surface area contributed by atoms with Gasteiger partial charge >= 0.3 is 0 Å². The summed E-state index contributed by atoms with van der Waals surface area (Å²) < 4.78 is 5.30. The highest BCUT2D eigenvalue weighted by atomic mass is 35.5. The van der Waals surface area contributed by atoms with Gasteiger partial charge in [0.25, 0.3) is 0 Å². The molecule has 0 saturated carbocycles. The molecule has 70 valence electrons. The van der Waals surface area contributed by atoms with E-state index in [1.165, 1.54) is 0 Å². The second kappa shape index (κ2) is 3.72. The molecule has 0 amide bonds. The van der Waals surface area contributed by atoms with E-state index in [0.717, 1.165) is 16.5 Å². The van der Waals surface area contributed by atoms with E-state index in [4.69, 9.17) is 16.3 Å². The van der Waals surface area contributed by atoms with Crippen molar-refractivity contribution in [3.8, 4) is 5.75 Å². The fourth-order valence-corrected chi connectivity index (χ4v) is 1.49. The highest BCUT2D eigenvalue weighted by Gasteiger charge is 2.01. The monoisotopic (exact) mass is 204 g/mol. The third-order valence-corrected chi connectivity index (χ3v) is 2.05. The average Bonchev–Trinajstić information content (AvgIpc) is 2.18. The molecular weight excluding hydrogens is 196 g/mol. The second-order valence-corrected chi connectivity index (χ2v) is 3.36. The van der Waals surface area contributed by atoms with Gasteiger partial charge in [0.1, 0.15) is 5.75 Å². The molecule has 14 heavy (non-hydrogen) atoms. The van der Waals surface area contributed by atoms with Crippen LogP contribution in [0.15, 0.2) is 54.3 Å². The van der Waals surface area contributed by atoms with Crippen molar-refractivity contribution >= 4 is 22.4 Å². The quantitative estimate of drug-likeness (QED) is 0.674. The van der Waals surface area contributed by atoms with Gasteiger partial charge in [0.2, 0.25) is 0 Å². The molecule has 2 rings (SSSR count). The number of ether oxygens (including phenoxy) is 1. The Hall–Kier alpha value is -1.47. The van der Waals surface area contributed by atoms with Gasteiger partial charge in [-0.2, -0.15) is 0 Å². The van der Waals surface area contributed by atoms with Crippen LogP contribution in [0.5, 0.6) is 5.75 Å². The van der Waals surface area contributed by atoms with Crippen molar-refractivity contribution in [2.75, 3.05) is 0 Å². The van der Waals surface area contributed by atoms with Crippen molar-refractivity contribution in [1.29, 1.82) is 0 Å². The summed E-state index contributed by atoms with van der Waals surface area (Å²) >= 11 is 5.60. The number of benzene rings is 2. The summed E-state index contributed by atoms with van der Waals surface area (Å²) in [6.45, 7) is 3.50. The Bertz CT molecular complexity index is 471. The Morgan fingerprint density at radius 3 is 2.57 bits per heavy atom. The van der Waals surface area contributed by atoms with Gasteiger partial charge in [-0.1, -0.05) is 36.4 Å². The zero-order valence-electron chi connectivity index (χ0n) is 7.53. The fraction of sp³-hybridized carbons (Fsp3) is 0. The van der Waals surface area contributed by atoms with Gasteiger partial charge in [-0.05, 0) is 29.6 Å². The lowest BCUT2D eigenvalue weighted by Crippen LogP contribution is -1.87. The summed E-state index contributed by atoms with van der Waals surface area (Å²) in [5, 5.41) is 2.35. The minimum absolute atomic E-state index is 0.182. The second-order valence-electron chi connectivity index (χ2n) is 2.93. The van der Waals surface area contributed by atoms with E-state index in [0.29, 0.717) is 0 Å². The minimum Gasteiger partial charge on any atom is -0.445 e. The first kappa shape index (κ1) is 9.10. The smallest absolute Gasteiger partial charge is 0.186 e. The highest BCUT2D eigenvalue weighted by Crippen LogP contribution is 2.26. The highest BCUT2D eigenvalue weighted by molar-refractivity contribution is 6.28. The molecule has 0 aliphatic rings. The number of rotatable bonds is 2. The topological polar surface area (TPSA) is 9.23 Å². The van der Waals surface area contributed by atoms with Crippen LogP contribution in [0, 0.1) is 0 Å². The minimum atomic E-state index is 0.182. The molecule has 0 unspecified atom stereocenters. The molecule has 0 bridgehead atoms. The maximum Gasteiger partial charge on any atom is 0.186 e. The first-order chi connectivity index (χ1) is 6.77. The van der Waals surface area contributed by atoms with Gasteiger partial charge in [0, 0.05) is 5.39 Å². The largest absolute Gasteiger partial charge is 0.445 e. The van der Waals surface area contributed by atoms with Crippen molar-refractivity contribution in [3.63, 3.8) is 0 Å². The molecule has 0 saturated heterocycles. The van der Waals surface area contributed by atoms with E-state index in [9.17, 15) is 0 Å². The maximum absolute atomic E-state index is 5.60. The Kier molecular flexibility index (Phi) is 2.42. The van der Waals surface area contributed by atoms with Crippen molar-refractivity contribution in [1.82, 2.24) is 0 Å². The average molecular weight is 205 g/mol. The number of hydrogen-bond donors (Lipinski definition) is 0. The summed E-state index contributed by atoms with van der Waals surface area (Å²) in [5.74, 6) is 0.739. The molecule has 0 N–H and O–H groups in total. The summed E-state index contributed by atoms with van der Waals surface area (Å²) in [4.78, 5) is 0. The van der Waals surface area contributed by atoms with Gasteiger partial charge in [-0.25, -0.2) is 0 Å². The van der Waals surface area contributed by atoms with Crippen LogP contribution in [0.2, 0.25) is 0 Å². The van der Waals surface area contributed by atoms with Gasteiger partial charge in [0.15, 0.2) is 5.22 Å². The Labute approximate surface area is 87.6 Å². The first-order valence-electron chi connectivity index (χ1n) is 4.27. The molecule has 0 heterocycles. The lowest BCUT2D eigenvalue weighted by Gasteiger charge is -2.06. The predicted molar refractivity (Wildman–Crippen MR) is 59.6 cm³/mol. The fourth-order valence-electron chi connectivity index (χ4n) is 1.40. The standard InChI is InChI=1S/C12H9ClO/c1-9(13)14-12-8-4-6-10-5-2-3-7-11(10)12/h2-8H,1H2. The first-order valence-corrected chi connectivity index (χ1v) is 4.65. The third kappa shape index (κ3) is 1.73. The van der Waals surface area contributed by atoms with Crippen LogP contribution in [0.1, 0.15) is 0 Å². The van der Waals surface area contributed by atoms with E-state index < -0.39 is 0 Å². The zero-order valence-corrected chi connectivity index (χ0v) is 8.29. The molecule has 1 nitrogen and oxygen atoms in total. The summed E-state index contributed by atoms with van der Waals surface area (Å²) in [5.41, 5.74) is 0. The van der Waals surface area contributed by atoms with Crippen LogP contribution in [-0.2, 0) is 0 Å². The molecule has 0 fully saturated rings. The molecular formula is C12H9ClO. The van der Waals surface area contributed by atoms with E-state index in [2.05, 4.69) is 6.58 Å². The summed E-state index contributed by atoms with van der Waals surface area (Å²) in [6, 6.07) is 13.8. The number of fused-ring (bicyclic) bond motifs is 1. The van der Waals surface area contributed by atoms with Gasteiger partial charge in [-0.3, -0.25) is 0 Å². The molecule has 0 radical (unpaired) electrons. The van der Waals surface area contributed by atoms with Crippen LogP contribution in [-0.4, -0.2) is 0 Å². The van der Waals surface area contributed by atoms with Crippen molar-refractivity contribution in [2.45, 2.75) is 0 Å². The van der Waals surface area contributed by atoms with Crippen molar-refractivity contribution < 1.29 is 4.74 Å². The van der Waals surface area contributed by atoms with E-state index in [1.54, 1.807) is 0 Å². The number of halogens is 1. The molecule has 2 aromatic carbocycles.